The summed E-state index contributed by atoms with van der Waals surface area (Å²) in [6.45, 7) is 1.93. The fourth-order valence-corrected chi connectivity index (χ4v) is 2.38. The molecule has 1 aromatic carbocycles. The molecule has 0 aliphatic carbocycles. The molecule has 0 amide bonds. The molecule has 2 aromatic rings. The Hall–Kier alpha value is -2.52. The van der Waals surface area contributed by atoms with Gasteiger partial charge in [0.25, 0.3) is 0 Å². The highest BCUT2D eigenvalue weighted by molar-refractivity contribution is 5.33. The van der Waals surface area contributed by atoms with Crippen molar-refractivity contribution in [3.05, 3.63) is 48.4 Å². The van der Waals surface area contributed by atoms with Crippen LogP contribution in [0.2, 0.25) is 0 Å². The molecule has 1 saturated heterocycles. The first kappa shape index (κ1) is 13.5. The standard InChI is InChI=1S/C15H17N5O/c16-10-19-7-13(8-19)15(21)18-14-9-20(11-17-14)6-12-4-2-1-3-5-12/h1-5,9,11,13,15,18,21H,6-8H2. The van der Waals surface area contributed by atoms with Crippen molar-refractivity contribution in [2.24, 2.45) is 5.92 Å². The van der Waals surface area contributed by atoms with Gasteiger partial charge < -0.3 is 19.9 Å². The summed E-state index contributed by atoms with van der Waals surface area (Å²) in [5.41, 5.74) is 1.20. The average molecular weight is 283 g/mol. The molecule has 1 aliphatic rings. The molecule has 2 heterocycles. The molecule has 0 radical (unpaired) electrons. The molecule has 6 heteroatoms. The predicted molar refractivity (Wildman–Crippen MR) is 78.1 cm³/mol. The first-order valence-corrected chi connectivity index (χ1v) is 6.89. The lowest BCUT2D eigenvalue weighted by Gasteiger charge is -2.37. The Morgan fingerprint density at radius 1 is 1.38 bits per heavy atom. The summed E-state index contributed by atoms with van der Waals surface area (Å²) in [7, 11) is 0. The van der Waals surface area contributed by atoms with E-state index in [0.717, 1.165) is 6.54 Å². The number of nitrogens with one attached hydrogen (secondary N) is 1. The first-order chi connectivity index (χ1) is 10.2. The molecule has 108 valence electrons. The van der Waals surface area contributed by atoms with Crippen LogP contribution in [0.15, 0.2) is 42.9 Å². The van der Waals surface area contributed by atoms with E-state index in [9.17, 15) is 5.11 Å². The van der Waals surface area contributed by atoms with E-state index < -0.39 is 6.23 Å². The van der Waals surface area contributed by atoms with E-state index in [0.29, 0.717) is 18.9 Å². The predicted octanol–water partition coefficient (Wildman–Crippen LogP) is 1.07. The summed E-state index contributed by atoms with van der Waals surface area (Å²) in [5, 5.41) is 21.7. The van der Waals surface area contributed by atoms with Gasteiger partial charge in [0, 0.05) is 31.7 Å². The van der Waals surface area contributed by atoms with Gasteiger partial charge in [0.1, 0.15) is 12.0 Å². The SMILES string of the molecule is N#CN1CC(C(O)Nc2cn(Cc3ccccc3)cn2)C1. The molecular formula is C15H17N5O. The Morgan fingerprint density at radius 2 is 2.14 bits per heavy atom. The molecule has 1 aliphatic heterocycles. The van der Waals surface area contributed by atoms with Gasteiger partial charge in [-0.1, -0.05) is 30.3 Å². The third kappa shape index (κ3) is 3.15. The highest BCUT2D eigenvalue weighted by atomic mass is 16.3. The van der Waals surface area contributed by atoms with Crippen molar-refractivity contribution in [2.45, 2.75) is 12.8 Å². The quantitative estimate of drug-likeness (QED) is 0.634. The van der Waals surface area contributed by atoms with Crippen LogP contribution in [0.5, 0.6) is 0 Å². The number of nitriles is 1. The maximum absolute atomic E-state index is 10.0. The number of hydrogen-bond acceptors (Lipinski definition) is 5. The van der Waals surface area contributed by atoms with Crippen molar-refractivity contribution >= 4 is 5.82 Å². The second-order valence-corrected chi connectivity index (χ2v) is 5.27. The van der Waals surface area contributed by atoms with Gasteiger partial charge in [-0.05, 0) is 5.56 Å². The van der Waals surface area contributed by atoms with Crippen molar-refractivity contribution in [1.29, 1.82) is 5.26 Å². The molecule has 2 N–H and O–H groups in total. The smallest absolute Gasteiger partial charge is 0.179 e. The first-order valence-electron chi connectivity index (χ1n) is 6.89. The lowest BCUT2D eigenvalue weighted by atomic mass is 9.99. The molecule has 0 bridgehead atoms. The Bertz CT molecular complexity index is 627. The number of hydrogen-bond donors (Lipinski definition) is 2. The molecule has 0 spiro atoms. The fourth-order valence-electron chi connectivity index (χ4n) is 2.38. The van der Waals surface area contributed by atoms with E-state index in [-0.39, 0.29) is 5.92 Å². The van der Waals surface area contributed by atoms with Crippen LogP contribution in [0.3, 0.4) is 0 Å². The van der Waals surface area contributed by atoms with Crippen molar-refractivity contribution in [3.8, 4) is 6.19 Å². The summed E-state index contributed by atoms with van der Waals surface area (Å²) in [5.74, 6) is 0.720. The van der Waals surface area contributed by atoms with Crippen LogP contribution in [0.25, 0.3) is 0 Å². The maximum Gasteiger partial charge on any atom is 0.179 e. The summed E-state index contributed by atoms with van der Waals surface area (Å²) < 4.78 is 1.97. The van der Waals surface area contributed by atoms with Gasteiger partial charge in [0.2, 0.25) is 0 Å². The lowest BCUT2D eigenvalue weighted by Crippen LogP contribution is -2.51. The van der Waals surface area contributed by atoms with Crippen molar-refractivity contribution < 1.29 is 5.11 Å². The number of aliphatic hydroxyl groups is 1. The topological polar surface area (TPSA) is 77.1 Å². The minimum Gasteiger partial charge on any atom is -0.373 e. The van der Waals surface area contributed by atoms with Crippen molar-refractivity contribution in [1.82, 2.24) is 14.5 Å². The van der Waals surface area contributed by atoms with Gasteiger partial charge in [-0.15, -0.1) is 0 Å². The van der Waals surface area contributed by atoms with Gasteiger partial charge in [0.05, 0.1) is 6.33 Å². The molecule has 1 fully saturated rings. The Labute approximate surface area is 123 Å². The molecule has 3 rings (SSSR count). The summed E-state index contributed by atoms with van der Waals surface area (Å²) in [4.78, 5) is 5.86. The van der Waals surface area contributed by atoms with E-state index in [1.165, 1.54) is 5.56 Å². The Balaban J connectivity index is 1.55. The number of rotatable bonds is 5. The van der Waals surface area contributed by atoms with Crippen LogP contribution in [-0.4, -0.2) is 38.9 Å². The monoisotopic (exact) mass is 283 g/mol. The Morgan fingerprint density at radius 3 is 2.86 bits per heavy atom. The number of imidazole rings is 1. The molecule has 21 heavy (non-hydrogen) atoms. The Kier molecular flexibility index (Phi) is 3.75. The van der Waals surface area contributed by atoms with Crippen molar-refractivity contribution in [3.63, 3.8) is 0 Å². The zero-order valence-corrected chi connectivity index (χ0v) is 11.6. The number of aliphatic hydroxyl groups excluding tert-OH is 1. The lowest BCUT2D eigenvalue weighted by molar-refractivity contribution is 0.0421. The highest BCUT2D eigenvalue weighted by Crippen LogP contribution is 2.19. The number of benzene rings is 1. The second kappa shape index (κ2) is 5.85. The van der Waals surface area contributed by atoms with E-state index in [4.69, 9.17) is 5.26 Å². The zero-order chi connectivity index (χ0) is 14.7. The van der Waals surface area contributed by atoms with Crippen molar-refractivity contribution in [2.75, 3.05) is 18.4 Å². The summed E-state index contributed by atoms with van der Waals surface area (Å²) in [6.07, 6.45) is 5.00. The largest absolute Gasteiger partial charge is 0.373 e. The fraction of sp³-hybridized carbons (Fsp3) is 0.333. The van der Waals surface area contributed by atoms with Crippen LogP contribution in [-0.2, 0) is 6.54 Å². The van der Waals surface area contributed by atoms with Gasteiger partial charge in [0.15, 0.2) is 6.19 Å². The second-order valence-electron chi connectivity index (χ2n) is 5.27. The third-order valence-corrected chi connectivity index (χ3v) is 3.63. The summed E-state index contributed by atoms with van der Waals surface area (Å²) in [6, 6.07) is 10.1. The molecule has 1 unspecified atom stereocenters. The van der Waals surface area contributed by atoms with Crippen LogP contribution < -0.4 is 5.32 Å². The number of aromatic nitrogens is 2. The van der Waals surface area contributed by atoms with E-state index in [1.54, 1.807) is 11.2 Å². The third-order valence-electron chi connectivity index (χ3n) is 3.63. The van der Waals surface area contributed by atoms with E-state index in [2.05, 4.69) is 28.6 Å². The maximum atomic E-state index is 10.0. The number of anilines is 1. The average Bonchev–Trinajstić information content (AvgIpc) is 2.86. The van der Waals surface area contributed by atoms with Crippen LogP contribution in [0.1, 0.15) is 5.56 Å². The molecule has 0 saturated carbocycles. The molecule has 1 aromatic heterocycles. The summed E-state index contributed by atoms with van der Waals surface area (Å²) >= 11 is 0. The van der Waals surface area contributed by atoms with Crippen LogP contribution in [0, 0.1) is 17.4 Å². The molecule has 1 atom stereocenters. The van der Waals surface area contributed by atoms with Crippen LogP contribution in [0.4, 0.5) is 5.82 Å². The van der Waals surface area contributed by atoms with E-state index >= 15 is 0 Å². The van der Waals surface area contributed by atoms with Gasteiger partial charge in [-0.25, -0.2) is 4.98 Å². The zero-order valence-electron chi connectivity index (χ0n) is 11.6. The van der Waals surface area contributed by atoms with Crippen LogP contribution >= 0.6 is 0 Å². The normalized spacial score (nSPS) is 16.1. The van der Waals surface area contributed by atoms with Gasteiger partial charge >= 0.3 is 0 Å². The molecular weight excluding hydrogens is 266 g/mol. The minimum atomic E-state index is -0.672. The highest BCUT2D eigenvalue weighted by Gasteiger charge is 2.32. The minimum absolute atomic E-state index is 0.0731. The van der Waals surface area contributed by atoms with Gasteiger partial charge in [-0.2, -0.15) is 5.26 Å². The number of nitrogens with zero attached hydrogens (tertiary/aromatic N) is 4. The molecule has 6 nitrogen and oxygen atoms in total. The van der Waals surface area contributed by atoms with E-state index in [1.807, 2.05) is 29.0 Å². The van der Waals surface area contributed by atoms with Gasteiger partial charge in [-0.3, -0.25) is 0 Å². The number of likely N-dealkylation sites (tertiary alicyclic amines) is 1.